The van der Waals surface area contributed by atoms with Gasteiger partial charge >= 0.3 is 0 Å². The molecule has 6 heteroatoms. The summed E-state index contributed by atoms with van der Waals surface area (Å²) in [7, 11) is 1.61. The number of anilines is 1. The number of fused-ring (bicyclic) bond motifs is 1. The van der Waals surface area contributed by atoms with Crippen molar-refractivity contribution < 1.29 is 23.7 Å². The highest BCUT2D eigenvalue weighted by Crippen LogP contribution is 2.32. The van der Waals surface area contributed by atoms with E-state index in [2.05, 4.69) is 19.2 Å². The Morgan fingerprint density at radius 2 is 1.89 bits per heavy atom. The summed E-state index contributed by atoms with van der Waals surface area (Å²) in [5, 5.41) is 2.89. The largest absolute Gasteiger partial charge is 0.496 e. The molecule has 3 rings (SSSR count). The molecule has 6 nitrogen and oxygen atoms in total. The van der Waals surface area contributed by atoms with Crippen LogP contribution in [-0.2, 0) is 11.3 Å². The third kappa shape index (κ3) is 4.92. The van der Waals surface area contributed by atoms with E-state index in [-0.39, 0.29) is 5.91 Å². The molecule has 1 amide bonds. The maximum atomic E-state index is 12.7. The molecule has 0 bridgehead atoms. The molecule has 2 aromatic rings. The lowest BCUT2D eigenvalue weighted by Gasteiger charge is -2.19. The molecule has 1 N–H and O–H groups in total. The first kappa shape index (κ1) is 19.0. The molecule has 0 aromatic heterocycles. The number of amides is 1. The lowest BCUT2D eigenvalue weighted by molar-refractivity contribution is 0.0952. The normalized spacial score (nSPS) is 12.7. The Hall–Kier alpha value is -2.73. The van der Waals surface area contributed by atoms with Crippen LogP contribution in [-0.4, -0.2) is 32.8 Å². The van der Waals surface area contributed by atoms with Gasteiger partial charge in [-0.1, -0.05) is 13.8 Å². The van der Waals surface area contributed by atoms with Gasteiger partial charge in [0.2, 0.25) is 0 Å². The number of carbonyl (C=O) groups excluding carboxylic acids is 1. The van der Waals surface area contributed by atoms with Gasteiger partial charge in [-0.15, -0.1) is 0 Å². The monoisotopic (exact) mass is 371 g/mol. The maximum Gasteiger partial charge on any atom is 0.255 e. The quantitative estimate of drug-likeness (QED) is 0.800. The van der Waals surface area contributed by atoms with E-state index in [0.717, 1.165) is 5.56 Å². The van der Waals surface area contributed by atoms with Gasteiger partial charge in [-0.25, -0.2) is 0 Å². The molecule has 0 spiro atoms. The van der Waals surface area contributed by atoms with Crippen molar-refractivity contribution in [1.29, 1.82) is 0 Å². The van der Waals surface area contributed by atoms with Crippen LogP contribution in [0.2, 0.25) is 0 Å². The SMILES string of the molecule is COc1ccc(C(=O)Nc2ccc3c(c2)OCCO3)cc1COCC(C)C. The van der Waals surface area contributed by atoms with Crippen LogP contribution < -0.4 is 19.5 Å². The summed E-state index contributed by atoms with van der Waals surface area (Å²) in [6.07, 6.45) is 0. The fourth-order valence-corrected chi connectivity index (χ4v) is 2.76. The molecule has 144 valence electrons. The van der Waals surface area contributed by atoms with Gasteiger partial charge in [0.1, 0.15) is 19.0 Å². The minimum atomic E-state index is -0.209. The molecule has 0 fully saturated rings. The Balaban J connectivity index is 1.72. The van der Waals surface area contributed by atoms with Crippen molar-refractivity contribution in [2.45, 2.75) is 20.5 Å². The minimum absolute atomic E-state index is 0.209. The topological polar surface area (TPSA) is 66.0 Å². The van der Waals surface area contributed by atoms with Crippen LogP contribution in [0.25, 0.3) is 0 Å². The summed E-state index contributed by atoms with van der Waals surface area (Å²) >= 11 is 0. The molecule has 0 saturated heterocycles. The highest BCUT2D eigenvalue weighted by molar-refractivity contribution is 6.04. The number of carbonyl (C=O) groups is 1. The van der Waals surface area contributed by atoms with Crippen LogP contribution >= 0.6 is 0 Å². The zero-order chi connectivity index (χ0) is 19.2. The van der Waals surface area contributed by atoms with Gasteiger partial charge < -0.3 is 24.3 Å². The fourth-order valence-electron chi connectivity index (χ4n) is 2.76. The van der Waals surface area contributed by atoms with Crippen LogP contribution in [0.1, 0.15) is 29.8 Å². The van der Waals surface area contributed by atoms with E-state index in [9.17, 15) is 4.79 Å². The zero-order valence-corrected chi connectivity index (χ0v) is 15.9. The number of methoxy groups -OCH3 is 1. The molecular formula is C21H25NO5. The molecule has 1 aliphatic rings. The van der Waals surface area contributed by atoms with E-state index in [1.807, 2.05) is 0 Å². The number of benzene rings is 2. The maximum absolute atomic E-state index is 12.7. The number of nitrogens with one attached hydrogen (secondary N) is 1. The van der Waals surface area contributed by atoms with E-state index in [4.69, 9.17) is 18.9 Å². The van der Waals surface area contributed by atoms with Gasteiger partial charge in [-0.3, -0.25) is 4.79 Å². The Morgan fingerprint density at radius 3 is 2.63 bits per heavy atom. The summed E-state index contributed by atoms with van der Waals surface area (Å²) in [6.45, 7) is 6.26. The Bertz CT molecular complexity index is 803. The third-order valence-corrected chi connectivity index (χ3v) is 4.05. The number of hydrogen-bond acceptors (Lipinski definition) is 5. The van der Waals surface area contributed by atoms with Gasteiger partial charge in [0.25, 0.3) is 5.91 Å². The van der Waals surface area contributed by atoms with E-state index in [1.54, 1.807) is 43.5 Å². The summed E-state index contributed by atoms with van der Waals surface area (Å²) in [4.78, 5) is 12.7. The first-order valence-corrected chi connectivity index (χ1v) is 9.02. The van der Waals surface area contributed by atoms with Crippen molar-refractivity contribution in [2.24, 2.45) is 5.92 Å². The molecule has 0 saturated carbocycles. The lowest BCUT2D eigenvalue weighted by atomic mass is 10.1. The Morgan fingerprint density at radius 1 is 1.11 bits per heavy atom. The van der Waals surface area contributed by atoms with Crippen molar-refractivity contribution in [1.82, 2.24) is 0 Å². The first-order chi connectivity index (χ1) is 13.1. The summed E-state index contributed by atoms with van der Waals surface area (Å²) in [6, 6.07) is 10.7. The first-order valence-electron chi connectivity index (χ1n) is 9.02. The molecule has 0 unspecified atom stereocenters. The molecule has 0 atom stereocenters. The predicted molar refractivity (Wildman–Crippen MR) is 103 cm³/mol. The standard InChI is InChI=1S/C21H25NO5/c1-14(2)12-25-13-16-10-15(4-6-18(16)24-3)21(23)22-17-5-7-19-20(11-17)27-9-8-26-19/h4-7,10-11,14H,8-9,12-13H2,1-3H3,(H,22,23). The van der Waals surface area contributed by atoms with Gasteiger partial charge in [-0.05, 0) is 36.2 Å². The minimum Gasteiger partial charge on any atom is -0.496 e. The van der Waals surface area contributed by atoms with Crippen LogP contribution in [0.3, 0.4) is 0 Å². The average molecular weight is 371 g/mol. The highest BCUT2D eigenvalue weighted by Gasteiger charge is 2.15. The number of ether oxygens (including phenoxy) is 4. The van der Waals surface area contributed by atoms with Crippen molar-refractivity contribution in [2.75, 3.05) is 32.2 Å². The van der Waals surface area contributed by atoms with Crippen LogP contribution in [0.5, 0.6) is 17.2 Å². The molecule has 2 aromatic carbocycles. The Labute approximate surface area is 159 Å². The second-order valence-electron chi connectivity index (χ2n) is 6.75. The number of rotatable bonds is 7. The molecule has 1 aliphatic heterocycles. The van der Waals surface area contributed by atoms with Gasteiger partial charge in [0.05, 0.1) is 13.7 Å². The van der Waals surface area contributed by atoms with Crippen molar-refractivity contribution in [3.05, 3.63) is 47.5 Å². The second-order valence-corrected chi connectivity index (χ2v) is 6.75. The Kier molecular flexibility index (Phi) is 6.19. The fraction of sp³-hybridized carbons (Fsp3) is 0.381. The smallest absolute Gasteiger partial charge is 0.255 e. The summed E-state index contributed by atoms with van der Waals surface area (Å²) < 4.78 is 22.1. The third-order valence-electron chi connectivity index (χ3n) is 4.05. The van der Waals surface area contributed by atoms with E-state index < -0.39 is 0 Å². The molecule has 1 heterocycles. The summed E-state index contributed by atoms with van der Waals surface area (Å²) in [5.41, 5.74) is 2.03. The van der Waals surface area contributed by atoms with Crippen molar-refractivity contribution in [3.63, 3.8) is 0 Å². The van der Waals surface area contributed by atoms with E-state index in [0.29, 0.717) is 60.8 Å². The highest BCUT2D eigenvalue weighted by atomic mass is 16.6. The lowest BCUT2D eigenvalue weighted by Crippen LogP contribution is -2.16. The van der Waals surface area contributed by atoms with Crippen molar-refractivity contribution >= 4 is 11.6 Å². The van der Waals surface area contributed by atoms with Gasteiger partial charge in [0.15, 0.2) is 11.5 Å². The van der Waals surface area contributed by atoms with Gasteiger partial charge in [-0.2, -0.15) is 0 Å². The predicted octanol–water partition coefficient (Wildman–Crippen LogP) is 3.89. The zero-order valence-electron chi connectivity index (χ0n) is 15.9. The second kappa shape index (κ2) is 8.77. The van der Waals surface area contributed by atoms with Crippen LogP contribution in [0.15, 0.2) is 36.4 Å². The van der Waals surface area contributed by atoms with E-state index >= 15 is 0 Å². The molecule has 0 aliphatic carbocycles. The van der Waals surface area contributed by atoms with Crippen LogP contribution in [0.4, 0.5) is 5.69 Å². The summed E-state index contributed by atoms with van der Waals surface area (Å²) in [5.74, 6) is 2.26. The van der Waals surface area contributed by atoms with E-state index in [1.165, 1.54) is 0 Å². The number of hydrogen-bond donors (Lipinski definition) is 1. The van der Waals surface area contributed by atoms with Crippen molar-refractivity contribution in [3.8, 4) is 17.2 Å². The molecular weight excluding hydrogens is 346 g/mol. The molecule has 0 radical (unpaired) electrons. The van der Waals surface area contributed by atoms with Gasteiger partial charge in [0, 0.05) is 29.5 Å². The molecule has 27 heavy (non-hydrogen) atoms. The van der Waals surface area contributed by atoms with Crippen LogP contribution in [0, 0.1) is 5.92 Å². The average Bonchev–Trinajstić information content (AvgIpc) is 2.67.